The molecule has 5 nitrogen and oxygen atoms in total. The molecular formula is C29H31FN2O3. The highest BCUT2D eigenvalue weighted by Crippen LogP contribution is 2.45. The summed E-state index contributed by atoms with van der Waals surface area (Å²) < 4.78 is 25.7. The molecule has 3 aromatic carbocycles. The van der Waals surface area contributed by atoms with Crippen LogP contribution in [0.3, 0.4) is 0 Å². The van der Waals surface area contributed by atoms with Crippen LogP contribution in [0.15, 0.2) is 72.8 Å². The van der Waals surface area contributed by atoms with Crippen molar-refractivity contribution in [2.45, 2.75) is 32.2 Å². The third-order valence-electron chi connectivity index (χ3n) is 5.89. The number of halogens is 1. The maximum atomic E-state index is 14.2. The van der Waals surface area contributed by atoms with Crippen LogP contribution >= 0.6 is 0 Å². The Kier molecular flexibility index (Phi) is 8.38. The van der Waals surface area contributed by atoms with E-state index < -0.39 is 11.9 Å². The molecule has 0 saturated heterocycles. The highest BCUT2D eigenvalue weighted by Gasteiger charge is 2.41. The summed E-state index contributed by atoms with van der Waals surface area (Å²) in [7, 11) is 0. The number of rotatable bonds is 11. The summed E-state index contributed by atoms with van der Waals surface area (Å²) in [5, 5.41) is 13.4. The lowest BCUT2D eigenvalue weighted by atomic mass is 10.1. The maximum absolute atomic E-state index is 14.2. The van der Waals surface area contributed by atoms with Gasteiger partial charge in [0, 0.05) is 18.2 Å². The van der Waals surface area contributed by atoms with Gasteiger partial charge in [0.15, 0.2) is 0 Å². The zero-order valence-corrected chi connectivity index (χ0v) is 19.7. The lowest BCUT2D eigenvalue weighted by Crippen LogP contribution is -2.25. The summed E-state index contributed by atoms with van der Waals surface area (Å²) in [6.07, 6.45) is 1.17. The molecule has 0 radical (unpaired) electrons. The molecule has 3 aromatic rings. The first-order valence-corrected chi connectivity index (χ1v) is 11.8. The molecule has 0 aromatic heterocycles. The molecule has 4 rings (SSSR count). The predicted molar refractivity (Wildman–Crippen MR) is 136 cm³/mol. The van der Waals surface area contributed by atoms with Gasteiger partial charge >= 0.3 is 0 Å². The first-order chi connectivity index (χ1) is 17.0. The molecule has 6 heteroatoms. The van der Waals surface area contributed by atoms with E-state index in [1.807, 2.05) is 60.7 Å². The summed E-state index contributed by atoms with van der Waals surface area (Å²) in [4.78, 5) is 0. The molecule has 1 atom stereocenters. The molecule has 4 N–H and O–H groups in total. The summed E-state index contributed by atoms with van der Waals surface area (Å²) in [5.74, 6) is 5.96. The second-order valence-electron chi connectivity index (χ2n) is 8.96. The normalized spacial score (nSPS) is 14.6. The lowest BCUT2D eigenvalue weighted by molar-refractivity contribution is 0.0348. The number of ether oxygens (including phenoxy) is 2. The van der Waals surface area contributed by atoms with Crippen molar-refractivity contribution in [3.63, 3.8) is 0 Å². The van der Waals surface area contributed by atoms with E-state index in [0.717, 1.165) is 24.0 Å². The minimum absolute atomic E-state index is 0.0387. The highest BCUT2D eigenvalue weighted by atomic mass is 19.1. The van der Waals surface area contributed by atoms with E-state index in [9.17, 15) is 9.50 Å². The van der Waals surface area contributed by atoms with Crippen LogP contribution < -0.4 is 11.1 Å². The van der Waals surface area contributed by atoms with Crippen molar-refractivity contribution >= 4 is 11.4 Å². The zero-order chi connectivity index (χ0) is 24.5. The van der Waals surface area contributed by atoms with Crippen LogP contribution in [-0.2, 0) is 22.7 Å². The van der Waals surface area contributed by atoms with Crippen molar-refractivity contribution in [2.75, 3.05) is 30.8 Å². The zero-order valence-electron chi connectivity index (χ0n) is 19.7. The minimum atomic E-state index is -0.763. The van der Waals surface area contributed by atoms with Gasteiger partial charge in [-0.25, -0.2) is 4.39 Å². The molecule has 0 heterocycles. The number of hydrogen-bond donors (Lipinski definition) is 3. The largest absolute Gasteiger partial charge is 0.396 e. The fraction of sp³-hybridized carbons (Fsp3) is 0.310. The molecule has 0 unspecified atom stereocenters. The Morgan fingerprint density at radius 1 is 0.971 bits per heavy atom. The Bertz CT molecular complexity index is 1160. The van der Waals surface area contributed by atoms with E-state index in [4.69, 9.17) is 15.2 Å². The van der Waals surface area contributed by atoms with Crippen LogP contribution in [0.4, 0.5) is 15.8 Å². The lowest BCUT2D eigenvalue weighted by Gasteiger charge is -2.15. The number of aliphatic hydroxyl groups is 1. The third-order valence-corrected chi connectivity index (χ3v) is 5.89. The SMILES string of the molecule is Nc1cc(C#CC2(COCc3ccccc3)CC2)c(NC[C@@H](O)COCc2ccccc2)cc1F. The van der Waals surface area contributed by atoms with E-state index in [1.54, 1.807) is 0 Å². The molecule has 35 heavy (non-hydrogen) atoms. The van der Waals surface area contributed by atoms with Crippen LogP contribution in [-0.4, -0.2) is 31.0 Å². The fourth-order valence-electron chi connectivity index (χ4n) is 3.61. The van der Waals surface area contributed by atoms with Crippen LogP contribution in [0.2, 0.25) is 0 Å². The van der Waals surface area contributed by atoms with Gasteiger partial charge in [-0.05, 0) is 30.0 Å². The number of nitrogen functional groups attached to an aromatic ring is 1. The number of nitrogens with one attached hydrogen (secondary N) is 1. The molecule has 0 spiro atoms. The van der Waals surface area contributed by atoms with Gasteiger partial charge in [0.05, 0.1) is 49.3 Å². The van der Waals surface area contributed by atoms with Crippen molar-refractivity contribution < 1.29 is 19.0 Å². The number of nitrogens with two attached hydrogens (primary N) is 1. The maximum Gasteiger partial charge on any atom is 0.148 e. The van der Waals surface area contributed by atoms with Gasteiger partial charge in [-0.15, -0.1) is 0 Å². The number of hydrogen-bond acceptors (Lipinski definition) is 5. The summed E-state index contributed by atoms with van der Waals surface area (Å²) >= 11 is 0. The van der Waals surface area contributed by atoms with E-state index >= 15 is 0 Å². The van der Waals surface area contributed by atoms with E-state index in [2.05, 4.69) is 17.2 Å². The first-order valence-electron chi connectivity index (χ1n) is 11.8. The molecule has 0 amide bonds. The van der Waals surface area contributed by atoms with E-state index in [1.165, 1.54) is 12.1 Å². The van der Waals surface area contributed by atoms with Gasteiger partial charge in [-0.2, -0.15) is 0 Å². The van der Waals surface area contributed by atoms with Crippen LogP contribution in [0.5, 0.6) is 0 Å². The van der Waals surface area contributed by atoms with Crippen molar-refractivity contribution in [3.8, 4) is 11.8 Å². The topological polar surface area (TPSA) is 76.7 Å². The molecule has 1 fully saturated rings. The van der Waals surface area contributed by atoms with Gasteiger partial charge in [0.25, 0.3) is 0 Å². The highest BCUT2D eigenvalue weighted by molar-refractivity contribution is 5.65. The molecule has 1 saturated carbocycles. The van der Waals surface area contributed by atoms with Crippen LogP contribution in [0.1, 0.15) is 29.5 Å². The number of aliphatic hydroxyl groups excluding tert-OH is 1. The minimum Gasteiger partial charge on any atom is -0.396 e. The Morgan fingerprint density at radius 2 is 1.60 bits per heavy atom. The number of benzene rings is 3. The van der Waals surface area contributed by atoms with Crippen molar-refractivity contribution in [3.05, 3.63) is 95.3 Å². The molecule has 1 aliphatic carbocycles. The first kappa shape index (κ1) is 24.7. The molecular weight excluding hydrogens is 443 g/mol. The average molecular weight is 475 g/mol. The van der Waals surface area contributed by atoms with Crippen LogP contribution in [0, 0.1) is 23.1 Å². The summed E-state index contributed by atoms with van der Waals surface area (Å²) in [5.41, 5.74) is 8.91. The Balaban J connectivity index is 1.32. The Hall–Kier alpha value is -3.37. The van der Waals surface area contributed by atoms with Gasteiger partial charge in [0.2, 0.25) is 0 Å². The van der Waals surface area contributed by atoms with Gasteiger partial charge in [-0.3, -0.25) is 0 Å². The smallest absolute Gasteiger partial charge is 0.148 e. The number of anilines is 2. The fourth-order valence-corrected chi connectivity index (χ4v) is 3.61. The second kappa shape index (κ2) is 11.9. The van der Waals surface area contributed by atoms with Crippen molar-refractivity contribution in [1.82, 2.24) is 0 Å². The second-order valence-corrected chi connectivity index (χ2v) is 8.96. The van der Waals surface area contributed by atoms with Crippen molar-refractivity contribution in [1.29, 1.82) is 0 Å². The summed E-state index contributed by atoms with van der Waals surface area (Å²) in [6.45, 7) is 1.86. The summed E-state index contributed by atoms with van der Waals surface area (Å²) in [6, 6.07) is 22.6. The standard InChI is InChI=1S/C29H31FN2O3/c30-26-16-28(32-17-25(33)20-34-18-22-7-3-1-4-8-22)24(15-27(26)31)11-12-29(13-14-29)21-35-19-23-9-5-2-6-10-23/h1-10,15-16,25,32-33H,13-14,17-21,31H2/t25-/m1/s1. The quantitative estimate of drug-likeness (QED) is 0.276. The molecule has 0 aliphatic heterocycles. The Morgan fingerprint density at radius 3 is 2.23 bits per heavy atom. The van der Waals surface area contributed by atoms with Gasteiger partial charge in [0.1, 0.15) is 5.82 Å². The van der Waals surface area contributed by atoms with Crippen molar-refractivity contribution in [2.24, 2.45) is 5.41 Å². The van der Waals surface area contributed by atoms with E-state index in [0.29, 0.717) is 31.1 Å². The van der Waals surface area contributed by atoms with Gasteiger partial charge in [-0.1, -0.05) is 72.5 Å². The third kappa shape index (κ3) is 7.56. The monoisotopic (exact) mass is 474 g/mol. The Labute approximate surface area is 206 Å². The predicted octanol–water partition coefficient (Wildman–Crippen LogP) is 4.75. The molecule has 1 aliphatic rings. The molecule has 182 valence electrons. The molecule has 0 bridgehead atoms. The average Bonchev–Trinajstić information content (AvgIpc) is 3.65. The van der Waals surface area contributed by atoms with Gasteiger partial charge < -0.3 is 25.6 Å². The van der Waals surface area contributed by atoms with Crippen LogP contribution in [0.25, 0.3) is 0 Å². The van der Waals surface area contributed by atoms with E-state index in [-0.39, 0.29) is 24.3 Å².